The molecule has 37 heavy (non-hydrogen) atoms. The van der Waals surface area contributed by atoms with Crippen LogP contribution in [-0.4, -0.2) is 65.6 Å². The molecule has 2 aromatic carbocycles. The first-order valence-electron chi connectivity index (χ1n) is 11.9. The monoisotopic (exact) mass is 542 g/mol. The molecular weight excluding hydrogens is 516 g/mol. The van der Waals surface area contributed by atoms with E-state index >= 15 is 0 Å². The molecule has 2 aliphatic rings. The molecular formula is C24H26N6O5S2. The second-order valence-corrected chi connectivity index (χ2v) is 11.7. The molecule has 1 saturated heterocycles. The van der Waals surface area contributed by atoms with Crippen molar-refractivity contribution < 1.29 is 18.1 Å². The van der Waals surface area contributed by atoms with Crippen LogP contribution in [0.3, 0.4) is 0 Å². The average Bonchev–Trinajstić information content (AvgIpc) is 3.44. The van der Waals surface area contributed by atoms with Gasteiger partial charge in [-0.1, -0.05) is 18.2 Å². The van der Waals surface area contributed by atoms with Gasteiger partial charge in [0.1, 0.15) is 5.82 Å². The normalized spacial score (nSPS) is 16.5. The maximum absolute atomic E-state index is 13.4. The van der Waals surface area contributed by atoms with Gasteiger partial charge in [0.2, 0.25) is 21.1 Å². The summed E-state index contributed by atoms with van der Waals surface area (Å²) in [6, 6.07) is 11.5. The highest BCUT2D eigenvalue weighted by Crippen LogP contribution is 2.32. The van der Waals surface area contributed by atoms with E-state index in [0.717, 1.165) is 11.3 Å². The zero-order chi connectivity index (χ0) is 26.2. The molecule has 11 nitrogen and oxygen atoms in total. The lowest BCUT2D eigenvalue weighted by Crippen LogP contribution is -2.35. The van der Waals surface area contributed by atoms with E-state index < -0.39 is 14.9 Å². The average molecular weight is 543 g/mol. The predicted octanol–water partition coefficient (Wildman–Crippen LogP) is 2.85. The molecule has 1 aromatic heterocycles. The molecule has 0 spiro atoms. The van der Waals surface area contributed by atoms with E-state index in [2.05, 4.69) is 9.36 Å². The van der Waals surface area contributed by atoms with Gasteiger partial charge in [0.25, 0.3) is 5.69 Å². The van der Waals surface area contributed by atoms with Crippen LogP contribution in [-0.2, 0) is 27.7 Å². The lowest BCUT2D eigenvalue weighted by atomic mass is 10.1. The minimum Gasteiger partial charge on any atom is -0.345 e. The van der Waals surface area contributed by atoms with Crippen molar-refractivity contribution in [3.05, 3.63) is 69.5 Å². The number of nitro benzene ring substituents is 1. The topological polar surface area (TPSA) is 130 Å². The maximum Gasteiger partial charge on any atom is 0.273 e. The highest BCUT2D eigenvalue weighted by molar-refractivity contribution is 7.89. The number of aromatic nitrogens is 2. The summed E-state index contributed by atoms with van der Waals surface area (Å²) in [6.45, 7) is 3.85. The number of para-hydroxylation sites is 1. The number of carbonyl (C=O) groups is 1. The molecule has 2 aliphatic heterocycles. The van der Waals surface area contributed by atoms with E-state index in [1.165, 1.54) is 28.8 Å². The zero-order valence-corrected chi connectivity index (χ0v) is 21.9. The van der Waals surface area contributed by atoms with Crippen LogP contribution < -0.4 is 9.80 Å². The highest BCUT2D eigenvalue weighted by Gasteiger charge is 2.30. The van der Waals surface area contributed by atoms with Crippen LogP contribution in [0.2, 0.25) is 0 Å². The van der Waals surface area contributed by atoms with E-state index in [1.54, 1.807) is 41.3 Å². The molecule has 0 radical (unpaired) electrons. The summed E-state index contributed by atoms with van der Waals surface area (Å²) in [7, 11) is -3.69. The Balaban J connectivity index is 1.27. The molecule has 3 aromatic rings. The van der Waals surface area contributed by atoms with Crippen molar-refractivity contribution in [2.75, 3.05) is 42.5 Å². The number of fused-ring (bicyclic) bond motifs is 1. The molecule has 0 atom stereocenters. The standard InChI is InChI=1S/C24H26N6O5S2/c1-17(31)29-12-9-19-15-20(7-8-21(19)29)37(34,35)28-11-4-10-27(13-14-28)24-25-23(26-36-24)16-18-5-2-3-6-22(18)30(32)33/h2-3,5-8,15H,4,9-14,16H2,1H3. The Morgan fingerprint density at radius 1 is 1.11 bits per heavy atom. The van der Waals surface area contributed by atoms with E-state index in [0.29, 0.717) is 62.1 Å². The van der Waals surface area contributed by atoms with Crippen LogP contribution in [0.4, 0.5) is 16.5 Å². The third-order valence-corrected chi connectivity index (χ3v) is 9.39. The van der Waals surface area contributed by atoms with Gasteiger partial charge in [-0.05, 0) is 36.6 Å². The molecule has 5 rings (SSSR count). The Labute approximate surface area is 218 Å². The summed E-state index contributed by atoms with van der Waals surface area (Å²) in [4.78, 5) is 31.2. The third-order valence-electron chi connectivity index (χ3n) is 6.68. The minimum absolute atomic E-state index is 0.0371. The molecule has 0 aliphatic carbocycles. The van der Waals surface area contributed by atoms with Crippen LogP contribution in [0.15, 0.2) is 47.4 Å². The lowest BCUT2D eigenvalue weighted by Gasteiger charge is -2.22. The van der Waals surface area contributed by atoms with Crippen molar-refractivity contribution in [1.82, 2.24) is 13.7 Å². The largest absolute Gasteiger partial charge is 0.345 e. The summed E-state index contributed by atoms with van der Waals surface area (Å²) in [5.74, 6) is 0.449. The second kappa shape index (κ2) is 10.1. The predicted molar refractivity (Wildman–Crippen MR) is 140 cm³/mol. The Morgan fingerprint density at radius 3 is 2.70 bits per heavy atom. The van der Waals surface area contributed by atoms with E-state index in [4.69, 9.17) is 0 Å². The Morgan fingerprint density at radius 2 is 1.92 bits per heavy atom. The van der Waals surface area contributed by atoms with Crippen molar-refractivity contribution in [3.8, 4) is 0 Å². The lowest BCUT2D eigenvalue weighted by molar-refractivity contribution is -0.385. The third kappa shape index (κ3) is 5.06. The van der Waals surface area contributed by atoms with Crippen molar-refractivity contribution in [2.24, 2.45) is 0 Å². The molecule has 0 saturated carbocycles. The molecule has 0 bridgehead atoms. The van der Waals surface area contributed by atoms with Gasteiger partial charge >= 0.3 is 0 Å². The van der Waals surface area contributed by atoms with Gasteiger partial charge in [-0.3, -0.25) is 14.9 Å². The summed E-state index contributed by atoms with van der Waals surface area (Å²) >= 11 is 1.21. The van der Waals surface area contributed by atoms with Gasteiger partial charge < -0.3 is 9.80 Å². The van der Waals surface area contributed by atoms with Crippen LogP contribution >= 0.6 is 11.5 Å². The number of sulfonamides is 1. The van der Waals surface area contributed by atoms with Gasteiger partial charge in [-0.15, -0.1) is 0 Å². The van der Waals surface area contributed by atoms with Gasteiger partial charge in [0.15, 0.2) is 0 Å². The van der Waals surface area contributed by atoms with Crippen LogP contribution in [0, 0.1) is 10.1 Å². The summed E-state index contributed by atoms with van der Waals surface area (Å²) < 4.78 is 32.8. The number of nitrogens with zero attached hydrogens (tertiary/aromatic N) is 6. The highest BCUT2D eigenvalue weighted by atomic mass is 32.2. The Kier molecular flexibility index (Phi) is 6.92. The van der Waals surface area contributed by atoms with Crippen molar-refractivity contribution >= 4 is 44.0 Å². The number of amides is 1. The number of rotatable bonds is 6. The summed E-state index contributed by atoms with van der Waals surface area (Å²) in [6.07, 6.45) is 1.51. The first-order valence-corrected chi connectivity index (χ1v) is 14.2. The van der Waals surface area contributed by atoms with Crippen LogP contribution in [0.25, 0.3) is 0 Å². The fraction of sp³-hybridized carbons (Fsp3) is 0.375. The van der Waals surface area contributed by atoms with E-state index in [1.807, 2.05) is 4.90 Å². The molecule has 0 unspecified atom stereocenters. The quantitative estimate of drug-likeness (QED) is 0.343. The number of benzene rings is 2. The fourth-order valence-electron chi connectivity index (χ4n) is 4.79. The van der Waals surface area contributed by atoms with Gasteiger partial charge in [0, 0.05) is 74.9 Å². The molecule has 1 fully saturated rings. The molecule has 194 valence electrons. The van der Waals surface area contributed by atoms with Gasteiger partial charge in [0.05, 0.1) is 9.82 Å². The number of carbonyl (C=O) groups excluding carboxylic acids is 1. The van der Waals surface area contributed by atoms with E-state index in [-0.39, 0.29) is 22.9 Å². The number of hydrogen-bond donors (Lipinski definition) is 0. The Bertz CT molecular complexity index is 1460. The molecule has 0 N–H and O–H groups in total. The maximum atomic E-state index is 13.4. The van der Waals surface area contributed by atoms with E-state index in [9.17, 15) is 23.3 Å². The summed E-state index contributed by atoms with van der Waals surface area (Å²) in [5.41, 5.74) is 2.23. The SMILES string of the molecule is CC(=O)N1CCc2cc(S(=O)(=O)N3CCCN(c4nc(Cc5ccccc5[N+](=O)[O-])ns4)CC3)ccc21. The number of nitro groups is 1. The summed E-state index contributed by atoms with van der Waals surface area (Å²) in [5, 5.41) is 12.0. The molecule has 13 heteroatoms. The van der Waals surface area contributed by atoms with Crippen LogP contribution in [0.5, 0.6) is 0 Å². The first-order chi connectivity index (χ1) is 17.7. The smallest absolute Gasteiger partial charge is 0.273 e. The van der Waals surface area contributed by atoms with Crippen molar-refractivity contribution in [3.63, 3.8) is 0 Å². The van der Waals surface area contributed by atoms with Crippen molar-refractivity contribution in [1.29, 1.82) is 0 Å². The Hall–Kier alpha value is -3.42. The first kappa shape index (κ1) is 25.2. The fourth-order valence-corrected chi connectivity index (χ4v) is 7.05. The molecule has 1 amide bonds. The number of hydrogen-bond acceptors (Lipinski definition) is 9. The minimum atomic E-state index is -3.69. The number of anilines is 2. The van der Waals surface area contributed by atoms with Crippen LogP contribution in [0.1, 0.15) is 30.3 Å². The second-order valence-electron chi connectivity index (χ2n) is 9.01. The molecule has 3 heterocycles. The van der Waals surface area contributed by atoms with Gasteiger partial charge in [-0.2, -0.15) is 8.68 Å². The van der Waals surface area contributed by atoms with Gasteiger partial charge in [-0.25, -0.2) is 13.4 Å². The van der Waals surface area contributed by atoms with Crippen molar-refractivity contribution in [2.45, 2.75) is 31.1 Å². The zero-order valence-electron chi connectivity index (χ0n) is 20.2.